The molecule has 0 spiro atoms. The second-order valence-corrected chi connectivity index (χ2v) is 5.09. The average Bonchev–Trinajstić information content (AvgIpc) is 2.14. The Kier molecular flexibility index (Phi) is 7.54. The first-order valence-corrected chi connectivity index (χ1v) is 5.96. The van der Waals surface area contributed by atoms with Crippen molar-refractivity contribution in [3.63, 3.8) is 0 Å². The highest BCUT2D eigenvalue weighted by molar-refractivity contribution is 5.77. The standard InChI is InChI=1S/C12H24N2O3/c1-5-13-11(16)9-17-7-6-14-10(15)8-12(2,3)4/h5-9H2,1-4H3,(H,13,16)(H,14,15). The summed E-state index contributed by atoms with van der Waals surface area (Å²) in [6, 6.07) is 0. The van der Waals surface area contributed by atoms with Gasteiger partial charge in [-0.25, -0.2) is 0 Å². The van der Waals surface area contributed by atoms with Crippen LogP contribution in [0.1, 0.15) is 34.1 Å². The van der Waals surface area contributed by atoms with Crippen molar-refractivity contribution in [3.05, 3.63) is 0 Å². The third-order valence-corrected chi connectivity index (χ3v) is 1.87. The van der Waals surface area contributed by atoms with Gasteiger partial charge in [-0.15, -0.1) is 0 Å². The zero-order valence-corrected chi connectivity index (χ0v) is 11.3. The Morgan fingerprint density at radius 3 is 2.29 bits per heavy atom. The number of amides is 2. The number of hydrogen-bond acceptors (Lipinski definition) is 3. The van der Waals surface area contributed by atoms with Crippen molar-refractivity contribution < 1.29 is 14.3 Å². The number of ether oxygens (including phenoxy) is 1. The van der Waals surface area contributed by atoms with Gasteiger partial charge in [0.1, 0.15) is 6.61 Å². The van der Waals surface area contributed by atoms with Crippen molar-refractivity contribution in [2.45, 2.75) is 34.1 Å². The maximum absolute atomic E-state index is 11.4. The van der Waals surface area contributed by atoms with Gasteiger partial charge in [-0.2, -0.15) is 0 Å². The van der Waals surface area contributed by atoms with E-state index in [9.17, 15) is 9.59 Å². The Hall–Kier alpha value is -1.10. The molecule has 0 aliphatic rings. The summed E-state index contributed by atoms with van der Waals surface area (Å²) < 4.78 is 5.10. The predicted molar refractivity (Wildman–Crippen MR) is 66.6 cm³/mol. The van der Waals surface area contributed by atoms with E-state index in [0.717, 1.165) is 0 Å². The molecule has 0 fully saturated rings. The molecule has 0 aromatic heterocycles. The highest BCUT2D eigenvalue weighted by atomic mass is 16.5. The lowest BCUT2D eigenvalue weighted by molar-refractivity contribution is -0.125. The highest BCUT2D eigenvalue weighted by Gasteiger charge is 2.15. The summed E-state index contributed by atoms with van der Waals surface area (Å²) in [5, 5.41) is 5.37. The van der Waals surface area contributed by atoms with E-state index in [-0.39, 0.29) is 23.8 Å². The minimum Gasteiger partial charge on any atom is -0.370 e. The van der Waals surface area contributed by atoms with Gasteiger partial charge >= 0.3 is 0 Å². The third kappa shape index (κ3) is 11.2. The third-order valence-electron chi connectivity index (χ3n) is 1.87. The molecule has 2 N–H and O–H groups in total. The Morgan fingerprint density at radius 1 is 1.12 bits per heavy atom. The quantitative estimate of drug-likeness (QED) is 0.648. The maximum Gasteiger partial charge on any atom is 0.245 e. The fourth-order valence-electron chi connectivity index (χ4n) is 1.22. The van der Waals surface area contributed by atoms with Gasteiger partial charge in [-0.3, -0.25) is 9.59 Å². The molecule has 0 rings (SSSR count). The summed E-state index contributed by atoms with van der Waals surface area (Å²) in [5.74, 6) is -0.118. The number of carbonyl (C=O) groups is 2. The predicted octanol–water partition coefficient (Wildman–Crippen LogP) is 0.691. The molecule has 0 heterocycles. The van der Waals surface area contributed by atoms with Crippen LogP contribution in [0.2, 0.25) is 0 Å². The van der Waals surface area contributed by atoms with Crippen LogP contribution in [0.3, 0.4) is 0 Å². The molecule has 0 aromatic carbocycles. The average molecular weight is 244 g/mol. The second kappa shape index (κ2) is 8.06. The summed E-state index contributed by atoms with van der Waals surface area (Å²) >= 11 is 0. The molecule has 0 bridgehead atoms. The van der Waals surface area contributed by atoms with Gasteiger partial charge in [-0.05, 0) is 12.3 Å². The van der Waals surface area contributed by atoms with Crippen molar-refractivity contribution in [3.8, 4) is 0 Å². The number of likely N-dealkylation sites (N-methyl/N-ethyl adjacent to an activating group) is 1. The molecule has 100 valence electrons. The first-order chi connectivity index (χ1) is 7.85. The minimum atomic E-state index is -0.131. The molecule has 5 nitrogen and oxygen atoms in total. The van der Waals surface area contributed by atoms with Crippen LogP contribution < -0.4 is 10.6 Å². The number of carbonyl (C=O) groups excluding carboxylic acids is 2. The molecule has 0 aliphatic heterocycles. The smallest absolute Gasteiger partial charge is 0.245 e. The summed E-state index contributed by atoms with van der Waals surface area (Å²) in [4.78, 5) is 22.4. The monoisotopic (exact) mass is 244 g/mol. The van der Waals surface area contributed by atoms with E-state index >= 15 is 0 Å². The molecule has 5 heteroatoms. The number of hydrogen-bond donors (Lipinski definition) is 2. The van der Waals surface area contributed by atoms with E-state index in [2.05, 4.69) is 10.6 Å². The lowest BCUT2D eigenvalue weighted by Gasteiger charge is -2.17. The van der Waals surface area contributed by atoms with Crippen LogP contribution in [-0.4, -0.2) is 38.1 Å². The first-order valence-electron chi connectivity index (χ1n) is 5.96. The van der Waals surface area contributed by atoms with Crippen LogP contribution >= 0.6 is 0 Å². The summed E-state index contributed by atoms with van der Waals surface area (Å²) in [6.45, 7) is 9.33. The van der Waals surface area contributed by atoms with E-state index in [1.807, 2.05) is 27.7 Å². The molecule has 2 amide bonds. The minimum absolute atomic E-state index is 0.00798. The van der Waals surface area contributed by atoms with Crippen LogP contribution in [0, 0.1) is 5.41 Å². The lowest BCUT2D eigenvalue weighted by Crippen LogP contribution is -2.32. The largest absolute Gasteiger partial charge is 0.370 e. The molecule has 0 unspecified atom stereocenters. The summed E-state index contributed by atoms with van der Waals surface area (Å²) in [6.07, 6.45) is 0.489. The molecular weight excluding hydrogens is 220 g/mol. The topological polar surface area (TPSA) is 67.4 Å². The molecule has 0 saturated carbocycles. The van der Waals surface area contributed by atoms with Gasteiger partial charge in [0.15, 0.2) is 0 Å². The molecule has 0 saturated heterocycles. The summed E-state index contributed by atoms with van der Waals surface area (Å²) in [7, 11) is 0. The van der Waals surface area contributed by atoms with Crippen LogP contribution in [-0.2, 0) is 14.3 Å². The molecule has 0 aliphatic carbocycles. The van der Waals surface area contributed by atoms with Gasteiger partial charge < -0.3 is 15.4 Å². The van der Waals surface area contributed by atoms with Gasteiger partial charge in [0.25, 0.3) is 0 Å². The fourth-order valence-corrected chi connectivity index (χ4v) is 1.22. The van der Waals surface area contributed by atoms with Gasteiger partial charge in [0.05, 0.1) is 6.61 Å². The first kappa shape index (κ1) is 15.9. The van der Waals surface area contributed by atoms with Gasteiger partial charge in [0.2, 0.25) is 11.8 Å². The molecular formula is C12H24N2O3. The fraction of sp³-hybridized carbons (Fsp3) is 0.833. The number of nitrogens with one attached hydrogen (secondary N) is 2. The lowest BCUT2D eigenvalue weighted by atomic mass is 9.92. The highest BCUT2D eigenvalue weighted by Crippen LogP contribution is 2.17. The molecule has 0 atom stereocenters. The number of rotatable bonds is 7. The van der Waals surface area contributed by atoms with Crippen molar-refractivity contribution >= 4 is 11.8 Å². The maximum atomic E-state index is 11.4. The van der Waals surface area contributed by atoms with Crippen molar-refractivity contribution in [2.75, 3.05) is 26.3 Å². The van der Waals surface area contributed by atoms with Crippen LogP contribution in [0.5, 0.6) is 0 Å². The Morgan fingerprint density at radius 2 is 1.76 bits per heavy atom. The van der Waals surface area contributed by atoms with Crippen LogP contribution in [0.15, 0.2) is 0 Å². The van der Waals surface area contributed by atoms with Crippen LogP contribution in [0.4, 0.5) is 0 Å². The van der Waals surface area contributed by atoms with E-state index in [0.29, 0.717) is 26.1 Å². The van der Waals surface area contributed by atoms with Crippen molar-refractivity contribution in [1.82, 2.24) is 10.6 Å². The second-order valence-electron chi connectivity index (χ2n) is 5.09. The van der Waals surface area contributed by atoms with Gasteiger partial charge in [0, 0.05) is 19.5 Å². The Balaban J connectivity index is 3.46. The van der Waals surface area contributed by atoms with E-state index in [1.165, 1.54) is 0 Å². The molecule has 17 heavy (non-hydrogen) atoms. The van der Waals surface area contributed by atoms with E-state index in [1.54, 1.807) is 0 Å². The Labute approximate surface area is 103 Å². The SMILES string of the molecule is CCNC(=O)COCCNC(=O)CC(C)(C)C. The van der Waals surface area contributed by atoms with Gasteiger partial charge in [-0.1, -0.05) is 20.8 Å². The Bertz CT molecular complexity index is 247. The van der Waals surface area contributed by atoms with Crippen molar-refractivity contribution in [1.29, 1.82) is 0 Å². The van der Waals surface area contributed by atoms with Crippen molar-refractivity contribution in [2.24, 2.45) is 5.41 Å². The zero-order valence-electron chi connectivity index (χ0n) is 11.3. The molecule has 0 radical (unpaired) electrons. The molecule has 0 aromatic rings. The van der Waals surface area contributed by atoms with E-state index in [4.69, 9.17) is 4.74 Å². The zero-order chi connectivity index (χ0) is 13.3. The summed E-state index contributed by atoms with van der Waals surface area (Å²) in [5.41, 5.74) is -0.00798. The van der Waals surface area contributed by atoms with E-state index < -0.39 is 0 Å². The normalized spacial score (nSPS) is 11.1. The van der Waals surface area contributed by atoms with Crippen LogP contribution in [0.25, 0.3) is 0 Å².